The maximum atomic E-state index is 12.1. The van der Waals surface area contributed by atoms with Crippen molar-refractivity contribution in [2.45, 2.75) is 37.1 Å². The lowest BCUT2D eigenvalue weighted by atomic mass is 9.94. The zero-order valence-electron chi connectivity index (χ0n) is 9.83. The van der Waals surface area contributed by atoms with Gasteiger partial charge in [-0.05, 0) is 31.0 Å². The summed E-state index contributed by atoms with van der Waals surface area (Å²) in [6, 6.07) is 4.30. The zero-order chi connectivity index (χ0) is 13.1. The summed E-state index contributed by atoms with van der Waals surface area (Å²) in [5.74, 6) is -0.260. The molecule has 98 valence electrons. The molecule has 0 radical (unpaired) electrons. The molecule has 2 unspecified atom stereocenters. The van der Waals surface area contributed by atoms with Crippen molar-refractivity contribution in [3.8, 4) is 5.75 Å². The number of halogens is 2. The summed E-state index contributed by atoms with van der Waals surface area (Å²) in [6.45, 7) is 0. The molecule has 1 aromatic rings. The van der Waals surface area contributed by atoms with Gasteiger partial charge in [-0.2, -0.15) is 0 Å². The highest BCUT2D eigenvalue weighted by atomic mass is 35.5. The Balaban J connectivity index is 2.09. The minimum atomic E-state index is -0.284. The molecule has 0 saturated heterocycles. The van der Waals surface area contributed by atoms with Crippen molar-refractivity contribution >= 4 is 29.1 Å². The molecule has 1 aliphatic rings. The van der Waals surface area contributed by atoms with Gasteiger partial charge >= 0.3 is 0 Å². The van der Waals surface area contributed by atoms with E-state index in [4.69, 9.17) is 23.2 Å². The van der Waals surface area contributed by atoms with Crippen molar-refractivity contribution in [1.82, 2.24) is 5.32 Å². The van der Waals surface area contributed by atoms with Gasteiger partial charge in [0.25, 0.3) is 5.91 Å². The first kappa shape index (κ1) is 13.5. The number of phenols is 1. The van der Waals surface area contributed by atoms with E-state index in [9.17, 15) is 9.90 Å². The topological polar surface area (TPSA) is 49.3 Å². The fraction of sp³-hybridized carbons (Fsp3) is 0.462. The Morgan fingerprint density at radius 1 is 1.33 bits per heavy atom. The number of nitrogens with one attached hydrogen (secondary N) is 1. The first-order valence-electron chi connectivity index (χ1n) is 6.01. The molecule has 1 saturated carbocycles. The van der Waals surface area contributed by atoms with Crippen LogP contribution < -0.4 is 5.32 Å². The van der Waals surface area contributed by atoms with E-state index in [0.29, 0.717) is 5.02 Å². The highest BCUT2D eigenvalue weighted by Gasteiger charge is 2.25. The number of hydrogen-bond donors (Lipinski definition) is 2. The summed E-state index contributed by atoms with van der Waals surface area (Å²) in [5.41, 5.74) is 0.283. The maximum Gasteiger partial charge on any atom is 0.253 e. The first-order valence-corrected chi connectivity index (χ1v) is 6.83. The summed E-state index contributed by atoms with van der Waals surface area (Å²) < 4.78 is 0. The normalized spacial score (nSPS) is 23.7. The van der Waals surface area contributed by atoms with Gasteiger partial charge in [-0.25, -0.2) is 0 Å². The van der Waals surface area contributed by atoms with E-state index in [1.54, 1.807) is 0 Å². The van der Waals surface area contributed by atoms with Crippen LogP contribution in [-0.2, 0) is 0 Å². The van der Waals surface area contributed by atoms with Crippen molar-refractivity contribution in [3.05, 3.63) is 28.8 Å². The molecule has 1 amide bonds. The van der Waals surface area contributed by atoms with Crippen LogP contribution in [0.2, 0.25) is 5.02 Å². The second kappa shape index (κ2) is 5.81. The Labute approximate surface area is 116 Å². The SMILES string of the molecule is O=C(NC1CCCCC1Cl)c1cc(O)ccc1Cl. The van der Waals surface area contributed by atoms with Gasteiger partial charge in [-0.3, -0.25) is 4.79 Å². The van der Waals surface area contributed by atoms with E-state index in [0.717, 1.165) is 25.7 Å². The number of aromatic hydroxyl groups is 1. The Hall–Kier alpha value is -0.930. The minimum Gasteiger partial charge on any atom is -0.508 e. The Kier molecular flexibility index (Phi) is 4.36. The predicted molar refractivity (Wildman–Crippen MR) is 72.5 cm³/mol. The van der Waals surface area contributed by atoms with Crippen LogP contribution in [0.4, 0.5) is 0 Å². The Morgan fingerprint density at radius 3 is 2.78 bits per heavy atom. The van der Waals surface area contributed by atoms with Crippen molar-refractivity contribution in [3.63, 3.8) is 0 Å². The lowest BCUT2D eigenvalue weighted by molar-refractivity contribution is 0.0928. The van der Waals surface area contributed by atoms with E-state index in [1.165, 1.54) is 18.2 Å². The molecule has 5 heteroatoms. The average molecular weight is 288 g/mol. The van der Waals surface area contributed by atoms with Gasteiger partial charge in [-0.1, -0.05) is 24.4 Å². The number of phenolic OH excluding ortho intramolecular Hbond substituents is 1. The average Bonchev–Trinajstić information content (AvgIpc) is 2.35. The molecule has 2 atom stereocenters. The van der Waals surface area contributed by atoms with Crippen LogP contribution in [0.25, 0.3) is 0 Å². The van der Waals surface area contributed by atoms with Crippen LogP contribution in [0.1, 0.15) is 36.0 Å². The van der Waals surface area contributed by atoms with E-state index >= 15 is 0 Å². The van der Waals surface area contributed by atoms with Crippen molar-refractivity contribution < 1.29 is 9.90 Å². The molecule has 2 rings (SSSR count). The third-order valence-corrected chi connectivity index (χ3v) is 4.04. The molecule has 0 aliphatic heterocycles. The molecule has 0 spiro atoms. The monoisotopic (exact) mass is 287 g/mol. The number of carbonyl (C=O) groups excluding carboxylic acids is 1. The molecule has 18 heavy (non-hydrogen) atoms. The molecule has 1 fully saturated rings. The third kappa shape index (κ3) is 3.09. The van der Waals surface area contributed by atoms with Gasteiger partial charge in [-0.15, -0.1) is 11.6 Å². The molecular weight excluding hydrogens is 273 g/mol. The Bertz CT molecular complexity index is 451. The van der Waals surface area contributed by atoms with Crippen molar-refractivity contribution in [2.24, 2.45) is 0 Å². The van der Waals surface area contributed by atoms with Gasteiger partial charge in [0.05, 0.1) is 16.0 Å². The van der Waals surface area contributed by atoms with Crippen LogP contribution in [0.5, 0.6) is 5.75 Å². The van der Waals surface area contributed by atoms with Crippen molar-refractivity contribution in [2.75, 3.05) is 0 Å². The lowest BCUT2D eigenvalue weighted by Crippen LogP contribution is -2.42. The van der Waals surface area contributed by atoms with Crippen LogP contribution in [0, 0.1) is 0 Å². The fourth-order valence-electron chi connectivity index (χ4n) is 2.18. The summed E-state index contributed by atoms with van der Waals surface area (Å²) in [4.78, 5) is 12.1. The molecule has 0 heterocycles. The first-order chi connectivity index (χ1) is 8.58. The van der Waals surface area contributed by atoms with E-state index < -0.39 is 0 Å². The molecule has 3 nitrogen and oxygen atoms in total. The molecule has 0 bridgehead atoms. The zero-order valence-corrected chi connectivity index (χ0v) is 11.3. The quantitative estimate of drug-likeness (QED) is 0.820. The van der Waals surface area contributed by atoms with E-state index in [-0.39, 0.29) is 28.6 Å². The Morgan fingerprint density at radius 2 is 2.06 bits per heavy atom. The summed E-state index contributed by atoms with van der Waals surface area (Å²) >= 11 is 12.1. The maximum absolute atomic E-state index is 12.1. The summed E-state index contributed by atoms with van der Waals surface area (Å²) in [7, 11) is 0. The number of benzene rings is 1. The standard InChI is InChI=1S/C13H15Cl2NO2/c14-10-6-5-8(17)7-9(10)13(18)16-12-4-2-1-3-11(12)15/h5-7,11-12,17H,1-4H2,(H,16,18). The molecular formula is C13H15Cl2NO2. The molecule has 2 N–H and O–H groups in total. The highest BCUT2D eigenvalue weighted by molar-refractivity contribution is 6.34. The molecule has 1 aliphatic carbocycles. The van der Waals surface area contributed by atoms with Gasteiger partial charge < -0.3 is 10.4 Å². The second-order valence-corrected chi connectivity index (χ2v) is 5.51. The van der Waals surface area contributed by atoms with Gasteiger partial charge in [0.15, 0.2) is 0 Å². The number of rotatable bonds is 2. The van der Waals surface area contributed by atoms with Crippen LogP contribution >= 0.6 is 23.2 Å². The van der Waals surface area contributed by atoms with Crippen LogP contribution in [0.3, 0.4) is 0 Å². The van der Waals surface area contributed by atoms with E-state index in [2.05, 4.69) is 5.32 Å². The molecule has 1 aromatic carbocycles. The number of amides is 1. The largest absolute Gasteiger partial charge is 0.508 e. The van der Waals surface area contributed by atoms with Crippen LogP contribution in [0.15, 0.2) is 18.2 Å². The number of hydrogen-bond acceptors (Lipinski definition) is 2. The smallest absolute Gasteiger partial charge is 0.253 e. The third-order valence-electron chi connectivity index (χ3n) is 3.19. The fourth-order valence-corrected chi connectivity index (χ4v) is 2.73. The van der Waals surface area contributed by atoms with Gasteiger partial charge in [0, 0.05) is 6.04 Å². The lowest BCUT2D eigenvalue weighted by Gasteiger charge is -2.27. The number of carbonyl (C=O) groups is 1. The van der Waals surface area contributed by atoms with Crippen molar-refractivity contribution in [1.29, 1.82) is 0 Å². The van der Waals surface area contributed by atoms with Crippen LogP contribution in [-0.4, -0.2) is 22.4 Å². The van der Waals surface area contributed by atoms with E-state index in [1.807, 2.05) is 0 Å². The number of alkyl halides is 1. The molecule has 0 aromatic heterocycles. The van der Waals surface area contributed by atoms with Gasteiger partial charge in [0.1, 0.15) is 5.75 Å². The van der Waals surface area contributed by atoms with Gasteiger partial charge in [0.2, 0.25) is 0 Å². The second-order valence-electron chi connectivity index (χ2n) is 4.54. The minimum absolute atomic E-state index is 0.0219. The summed E-state index contributed by atoms with van der Waals surface area (Å²) in [6.07, 6.45) is 3.98. The summed E-state index contributed by atoms with van der Waals surface area (Å²) in [5, 5.41) is 12.6. The predicted octanol–water partition coefficient (Wildman–Crippen LogP) is 3.33. The highest BCUT2D eigenvalue weighted by Crippen LogP contribution is 2.25.